The number of aromatic nitrogens is 2. The Morgan fingerprint density at radius 1 is 1.00 bits per heavy atom. The van der Waals surface area contributed by atoms with Gasteiger partial charge in [-0.2, -0.15) is 0 Å². The second-order valence-electron chi connectivity index (χ2n) is 6.70. The summed E-state index contributed by atoms with van der Waals surface area (Å²) in [5, 5.41) is 1.96. The molecule has 3 heterocycles. The normalized spacial score (nSPS) is 15.7. The number of halogens is 1. The van der Waals surface area contributed by atoms with Crippen LogP contribution in [0.3, 0.4) is 0 Å². The molecule has 1 aliphatic rings. The first-order valence-corrected chi connectivity index (χ1v) is 10.4. The number of thiazole rings is 1. The van der Waals surface area contributed by atoms with Gasteiger partial charge in [0.1, 0.15) is 5.82 Å². The quantitative estimate of drug-likeness (QED) is 0.584. The highest BCUT2D eigenvalue weighted by Gasteiger charge is 2.17. The Kier molecular flexibility index (Phi) is 5.68. The van der Waals surface area contributed by atoms with Crippen molar-refractivity contribution in [2.45, 2.75) is 19.3 Å². The first-order valence-electron chi connectivity index (χ1n) is 9.21. The molecule has 4 nitrogen and oxygen atoms in total. The summed E-state index contributed by atoms with van der Waals surface area (Å²) in [5.41, 5.74) is 1.14. The van der Waals surface area contributed by atoms with Crippen molar-refractivity contribution in [2.75, 3.05) is 37.6 Å². The lowest BCUT2D eigenvalue weighted by Crippen LogP contribution is -2.46. The first-order chi connectivity index (χ1) is 12.8. The van der Waals surface area contributed by atoms with Crippen molar-refractivity contribution >= 4 is 39.0 Å². The Balaban J connectivity index is 1.18. The number of aryl methyl sites for hydroxylation is 1. The maximum atomic E-state index is 5.92. The molecule has 0 unspecified atom stereocenters. The van der Waals surface area contributed by atoms with Gasteiger partial charge in [-0.25, -0.2) is 9.97 Å². The minimum Gasteiger partial charge on any atom is -0.354 e. The Hall–Kier alpha value is -1.69. The molecule has 6 heteroatoms. The fourth-order valence-corrected chi connectivity index (χ4v) is 4.52. The van der Waals surface area contributed by atoms with Gasteiger partial charge in [0, 0.05) is 32.4 Å². The van der Waals surface area contributed by atoms with Gasteiger partial charge >= 0.3 is 0 Å². The van der Waals surface area contributed by atoms with Crippen molar-refractivity contribution in [1.29, 1.82) is 0 Å². The largest absolute Gasteiger partial charge is 0.354 e. The van der Waals surface area contributed by atoms with E-state index in [0.717, 1.165) is 43.9 Å². The lowest BCUT2D eigenvalue weighted by Gasteiger charge is -2.35. The van der Waals surface area contributed by atoms with E-state index in [-0.39, 0.29) is 0 Å². The highest BCUT2D eigenvalue weighted by Crippen LogP contribution is 2.23. The number of hydrogen-bond donors (Lipinski definition) is 0. The van der Waals surface area contributed by atoms with Gasteiger partial charge in [-0.15, -0.1) is 11.3 Å². The zero-order chi connectivity index (χ0) is 17.8. The van der Waals surface area contributed by atoms with Crippen LogP contribution in [-0.2, 0) is 6.42 Å². The fourth-order valence-electron chi connectivity index (χ4n) is 3.39. The number of rotatable bonds is 6. The van der Waals surface area contributed by atoms with Crippen LogP contribution in [0.1, 0.15) is 17.8 Å². The van der Waals surface area contributed by atoms with Crippen LogP contribution in [0.15, 0.2) is 42.6 Å². The molecule has 4 rings (SSSR count). The molecule has 0 bridgehead atoms. The number of anilines is 1. The summed E-state index contributed by atoms with van der Waals surface area (Å²) < 4.78 is 1.30. The average molecular weight is 387 g/mol. The van der Waals surface area contributed by atoms with E-state index in [9.17, 15) is 0 Å². The maximum Gasteiger partial charge on any atom is 0.128 e. The minimum atomic E-state index is 0.695. The van der Waals surface area contributed by atoms with E-state index in [0.29, 0.717) is 5.02 Å². The van der Waals surface area contributed by atoms with Crippen molar-refractivity contribution in [2.24, 2.45) is 0 Å². The van der Waals surface area contributed by atoms with E-state index in [2.05, 4.69) is 39.0 Å². The highest BCUT2D eigenvalue weighted by atomic mass is 35.5. The van der Waals surface area contributed by atoms with Crippen molar-refractivity contribution < 1.29 is 0 Å². The van der Waals surface area contributed by atoms with Gasteiger partial charge in [0.05, 0.1) is 20.2 Å². The number of benzene rings is 1. The van der Waals surface area contributed by atoms with Crippen LogP contribution < -0.4 is 4.90 Å². The van der Waals surface area contributed by atoms with Crippen molar-refractivity contribution in [3.8, 4) is 0 Å². The zero-order valence-electron chi connectivity index (χ0n) is 14.8. The molecule has 3 aromatic rings. The number of nitrogens with zero attached hydrogens (tertiary/aromatic N) is 4. The lowest BCUT2D eigenvalue weighted by atomic mass is 10.2. The topological polar surface area (TPSA) is 32.3 Å². The standard InChI is InChI=1S/C20H23ClN4S/c21-16-8-9-19(22-15-16)25-13-11-24(12-14-25)10-4-3-7-20-23-17-5-1-2-6-18(17)26-20/h1-2,5-6,8-9,15H,3-4,7,10-14H2. The van der Waals surface area contributed by atoms with Gasteiger partial charge < -0.3 is 4.90 Å². The molecule has 26 heavy (non-hydrogen) atoms. The Bertz CT molecular complexity index is 807. The predicted molar refractivity (Wildman–Crippen MR) is 110 cm³/mol. The lowest BCUT2D eigenvalue weighted by molar-refractivity contribution is 0.252. The summed E-state index contributed by atoms with van der Waals surface area (Å²) in [6.45, 7) is 5.45. The van der Waals surface area contributed by atoms with Crippen molar-refractivity contribution in [3.63, 3.8) is 0 Å². The zero-order valence-corrected chi connectivity index (χ0v) is 16.3. The fraction of sp³-hybridized carbons (Fsp3) is 0.400. The Morgan fingerprint density at radius 2 is 1.85 bits per heavy atom. The molecule has 0 amide bonds. The predicted octanol–water partition coefficient (Wildman–Crippen LogP) is 4.49. The summed E-state index contributed by atoms with van der Waals surface area (Å²) >= 11 is 7.75. The number of piperazine rings is 1. The summed E-state index contributed by atoms with van der Waals surface area (Å²) in [5.74, 6) is 1.03. The molecule has 0 spiro atoms. The Labute approximate surface area is 163 Å². The summed E-state index contributed by atoms with van der Waals surface area (Å²) in [6.07, 6.45) is 5.26. The van der Waals surface area contributed by atoms with Crippen LogP contribution in [0, 0.1) is 0 Å². The number of unbranched alkanes of at least 4 members (excludes halogenated alkanes) is 1. The second kappa shape index (κ2) is 8.33. The van der Waals surface area contributed by atoms with Gasteiger partial charge in [0.15, 0.2) is 0 Å². The number of para-hydroxylation sites is 1. The van der Waals surface area contributed by atoms with E-state index in [1.54, 1.807) is 6.20 Å². The van der Waals surface area contributed by atoms with Crippen LogP contribution >= 0.6 is 22.9 Å². The number of hydrogen-bond acceptors (Lipinski definition) is 5. The molecular formula is C20H23ClN4S. The molecule has 1 aromatic carbocycles. The van der Waals surface area contributed by atoms with Crippen LogP contribution in [0.5, 0.6) is 0 Å². The smallest absolute Gasteiger partial charge is 0.128 e. The second-order valence-corrected chi connectivity index (χ2v) is 8.25. The molecular weight excluding hydrogens is 364 g/mol. The molecule has 0 saturated carbocycles. The number of fused-ring (bicyclic) bond motifs is 1. The monoisotopic (exact) mass is 386 g/mol. The molecule has 1 saturated heterocycles. The molecule has 0 aliphatic carbocycles. The van der Waals surface area contributed by atoms with Crippen LogP contribution in [-0.4, -0.2) is 47.6 Å². The maximum absolute atomic E-state index is 5.92. The van der Waals surface area contributed by atoms with Gasteiger partial charge in [-0.05, 0) is 50.1 Å². The summed E-state index contributed by atoms with van der Waals surface area (Å²) in [7, 11) is 0. The Morgan fingerprint density at radius 3 is 2.62 bits per heavy atom. The molecule has 1 fully saturated rings. The minimum absolute atomic E-state index is 0.695. The summed E-state index contributed by atoms with van der Waals surface area (Å²) in [4.78, 5) is 14.1. The number of pyridine rings is 1. The van der Waals surface area contributed by atoms with E-state index < -0.39 is 0 Å². The molecule has 2 aromatic heterocycles. The van der Waals surface area contributed by atoms with Crippen molar-refractivity contribution in [1.82, 2.24) is 14.9 Å². The van der Waals surface area contributed by atoms with Crippen molar-refractivity contribution in [3.05, 3.63) is 52.6 Å². The van der Waals surface area contributed by atoms with E-state index >= 15 is 0 Å². The third-order valence-electron chi connectivity index (χ3n) is 4.86. The van der Waals surface area contributed by atoms with E-state index in [4.69, 9.17) is 16.6 Å². The van der Waals surface area contributed by atoms with Crippen LogP contribution in [0.4, 0.5) is 5.82 Å². The summed E-state index contributed by atoms with van der Waals surface area (Å²) in [6, 6.07) is 12.3. The third-order valence-corrected chi connectivity index (χ3v) is 6.18. The molecule has 136 valence electrons. The SMILES string of the molecule is Clc1ccc(N2CCN(CCCCc3nc4ccccc4s3)CC2)nc1. The van der Waals surface area contributed by atoms with Gasteiger partial charge in [0.25, 0.3) is 0 Å². The molecule has 0 radical (unpaired) electrons. The van der Waals surface area contributed by atoms with E-state index in [1.165, 1.54) is 29.1 Å². The van der Waals surface area contributed by atoms with Gasteiger partial charge in [-0.3, -0.25) is 4.90 Å². The first kappa shape index (κ1) is 17.7. The van der Waals surface area contributed by atoms with Crippen LogP contribution in [0.25, 0.3) is 10.2 Å². The molecule has 1 aliphatic heterocycles. The molecule has 0 atom stereocenters. The van der Waals surface area contributed by atoms with E-state index in [1.807, 2.05) is 23.5 Å². The molecule has 0 N–H and O–H groups in total. The van der Waals surface area contributed by atoms with Gasteiger partial charge in [-0.1, -0.05) is 23.7 Å². The highest BCUT2D eigenvalue weighted by molar-refractivity contribution is 7.18. The van der Waals surface area contributed by atoms with Crippen LogP contribution in [0.2, 0.25) is 5.02 Å². The average Bonchev–Trinajstić information content (AvgIpc) is 3.09. The van der Waals surface area contributed by atoms with Gasteiger partial charge in [0.2, 0.25) is 0 Å². The third kappa shape index (κ3) is 4.34.